The zero-order valence-electron chi connectivity index (χ0n) is 40.1. The van der Waals surface area contributed by atoms with Crippen LogP contribution in [0.3, 0.4) is 0 Å². The van der Waals surface area contributed by atoms with Gasteiger partial charge in [0.25, 0.3) is 0 Å². The van der Waals surface area contributed by atoms with E-state index in [1.807, 2.05) is 0 Å². The third kappa shape index (κ3) is 47.9. The third-order valence-electron chi connectivity index (χ3n) is 11.0. The summed E-state index contributed by atoms with van der Waals surface area (Å²) in [6.45, 7) is 3.50. The molecule has 0 aromatic carbocycles. The normalized spacial score (nSPS) is 14.2. The second kappa shape index (κ2) is 48.9. The fourth-order valence-corrected chi connectivity index (χ4v) is 7.85. The highest BCUT2D eigenvalue weighted by Gasteiger charge is 2.26. The van der Waals surface area contributed by atoms with Crippen molar-refractivity contribution in [1.82, 2.24) is 0 Å². The molecule has 0 saturated carbocycles. The monoisotopic (exact) mass is 897 g/mol. The SMILES string of the molecule is CCCCC/C=C\C/C=C\CCCCCCCCCCCCOCC(COP(=O)(O)OCC(O)CO)OC(=O)CCCCCCCCCCC/C=C\C/C=C\CCCCCCC. The first-order valence-electron chi connectivity index (χ1n) is 25.6. The molecule has 3 atom stereocenters. The Bertz CT molecular complexity index is 1110. The van der Waals surface area contributed by atoms with Gasteiger partial charge in [-0.3, -0.25) is 13.8 Å². The van der Waals surface area contributed by atoms with Gasteiger partial charge in [0, 0.05) is 13.0 Å². The van der Waals surface area contributed by atoms with Crippen LogP contribution in [0.2, 0.25) is 0 Å². The van der Waals surface area contributed by atoms with E-state index < -0.39 is 33.2 Å². The van der Waals surface area contributed by atoms with Crippen molar-refractivity contribution in [3.63, 3.8) is 0 Å². The summed E-state index contributed by atoms with van der Waals surface area (Å²) in [6, 6.07) is 0. The van der Waals surface area contributed by atoms with Gasteiger partial charge in [0.15, 0.2) is 0 Å². The maximum absolute atomic E-state index is 12.7. The summed E-state index contributed by atoms with van der Waals surface area (Å²) in [4.78, 5) is 22.7. The van der Waals surface area contributed by atoms with Gasteiger partial charge in [0.05, 0.1) is 26.4 Å². The summed E-state index contributed by atoms with van der Waals surface area (Å²) in [5, 5.41) is 18.4. The molecular formula is C52H97O9P. The lowest BCUT2D eigenvalue weighted by atomic mass is 10.1. The zero-order valence-corrected chi connectivity index (χ0v) is 41.0. The lowest BCUT2D eigenvalue weighted by Crippen LogP contribution is -2.29. The molecule has 0 aromatic rings. The Morgan fingerprint density at radius 2 is 0.871 bits per heavy atom. The fraction of sp³-hybridized carbons (Fsp3) is 0.827. The van der Waals surface area contributed by atoms with Crippen LogP contribution in [0.25, 0.3) is 0 Å². The predicted octanol–water partition coefficient (Wildman–Crippen LogP) is 14.9. The van der Waals surface area contributed by atoms with Crippen LogP contribution in [-0.4, -0.2) is 66.3 Å². The summed E-state index contributed by atoms with van der Waals surface area (Å²) < 4.78 is 33.5. The number of carbonyl (C=O) groups is 1. The Kier molecular flexibility index (Phi) is 47.6. The molecule has 0 aliphatic rings. The number of phosphoric acid groups is 1. The predicted molar refractivity (Wildman–Crippen MR) is 260 cm³/mol. The van der Waals surface area contributed by atoms with Gasteiger partial charge in [-0.25, -0.2) is 4.57 Å². The number of unbranched alkanes of at least 4 members (excludes halogenated alkanes) is 27. The topological polar surface area (TPSA) is 132 Å². The van der Waals surface area contributed by atoms with Crippen LogP contribution < -0.4 is 0 Å². The molecule has 62 heavy (non-hydrogen) atoms. The van der Waals surface area contributed by atoms with Crippen molar-refractivity contribution in [1.29, 1.82) is 0 Å². The van der Waals surface area contributed by atoms with Gasteiger partial charge < -0.3 is 24.6 Å². The first-order chi connectivity index (χ1) is 30.3. The van der Waals surface area contributed by atoms with Crippen molar-refractivity contribution in [2.45, 2.75) is 244 Å². The average molecular weight is 897 g/mol. The maximum Gasteiger partial charge on any atom is 0.472 e. The first-order valence-corrected chi connectivity index (χ1v) is 27.1. The summed E-state index contributed by atoms with van der Waals surface area (Å²) in [7, 11) is -4.53. The van der Waals surface area contributed by atoms with Gasteiger partial charge in [-0.05, 0) is 77.0 Å². The molecule has 0 spiro atoms. The van der Waals surface area contributed by atoms with E-state index in [0.29, 0.717) is 6.61 Å². The highest BCUT2D eigenvalue weighted by atomic mass is 31.2. The van der Waals surface area contributed by atoms with Crippen LogP contribution in [0, 0.1) is 0 Å². The van der Waals surface area contributed by atoms with Gasteiger partial charge in [-0.1, -0.05) is 197 Å². The molecule has 0 aliphatic carbocycles. The Balaban J connectivity index is 4.09. The van der Waals surface area contributed by atoms with E-state index in [0.717, 1.165) is 57.8 Å². The minimum Gasteiger partial charge on any atom is -0.457 e. The van der Waals surface area contributed by atoms with Crippen molar-refractivity contribution in [2.75, 3.05) is 33.0 Å². The van der Waals surface area contributed by atoms with Gasteiger partial charge in [0.1, 0.15) is 12.2 Å². The molecule has 9 nitrogen and oxygen atoms in total. The van der Waals surface area contributed by atoms with E-state index in [-0.39, 0.29) is 25.6 Å². The number of carbonyl (C=O) groups excluding carboxylic acids is 1. The number of phosphoric ester groups is 1. The molecule has 364 valence electrons. The molecule has 3 unspecified atom stereocenters. The number of aliphatic hydroxyl groups is 2. The largest absolute Gasteiger partial charge is 0.472 e. The number of esters is 1. The van der Waals surface area contributed by atoms with Gasteiger partial charge in [-0.2, -0.15) is 0 Å². The summed E-state index contributed by atoms with van der Waals surface area (Å²) >= 11 is 0. The lowest BCUT2D eigenvalue weighted by molar-refractivity contribution is -0.154. The lowest BCUT2D eigenvalue weighted by Gasteiger charge is -2.20. The number of hydrogen-bond donors (Lipinski definition) is 3. The number of rotatable bonds is 49. The van der Waals surface area contributed by atoms with E-state index in [9.17, 15) is 19.4 Å². The van der Waals surface area contributed by atoms with Crippen molar-refractivity contribution >= 4 is 13.8 Å². The molecule has 3 N–H and O–H groups in total. The molecule has 0 amide bonds. The van der Waals surface area contributed by atoms with Gasteiger partial charge in [-0.15, -0.1) is 0 Å². The summed E-state index contributed by atoms with van der Waals surface area (Å²) in [5.41, 5.74) is 0. The molecule has 0 radical (unpaired) electrons. The van der Waals surface area contributed by atoms with Crippen molar-refractivity contribution in [2.24, 2.45) is 0 Å². The highest BCUT2D eigenvalue weighted by Crippen LogP contribution is 2.43. The molecule has 0 rings (SSSR count). The van der Waals surface area contributed by atoms with E-state index >= 15 is 0 Å². The summed E-state index contributed by atoms with van der Waals surface area (Å²) in [5.74, 6) is -0.386. The second-order valence-corrected chi connectivity index (χ2v) is 18.6. The average Bonchev–Trinajstić information content (AvgIpc) is 3.26. The minimum absolute atomic E-state index is 0.0455. The van der Waals surface area contributed by atoms with Crippen LogP contribution in [0.15, 0.2) is 48.6 Å². The minimum atomic E-state index is -4.53. The Labute approximate surface area is 381 Å². The van der Waals surface area contributed by atoms with E-state index in [4.69, 9.17) is 23.6 Å². The van der Waals surface area contributed by atoms with Crippen molar-refractivity contribution < 1.29 is 43.0 Å². The smallest absolute Gasteiger partial charge is 0.457 e. The van der Waals surface area contributed by atoms with Crippen LogP contribution in [0.5, 0.6) is 0 Å². The number of ether oxygens (including phenoxy) is 2. The number of hydrogen-bond acceptors (Lipinski definition) is 8. The standard InChI is InChI=1S/C52H97O9P/c1-3-5-7-9-11-13-15-17-19-21-23-25-26-28-30-32-34-36-38-40-42-44-52(55)61-51(49-60-62(56,57)59-47-50(54)46-53)48-58-45-43-41-39-37-35-33-31-29-27-24-22-20-18-16-14-12-10-8-6-4-2/h12,14-15,17-18,20-21,23,50-51,53-54H,3-11,13,16,19,22,24-49H2,1-2H3,(H,56,57)/b14-12-,17-15-,20-18-,23-21-. The van der Waals surface area contributed by atoms with Gasteiger partial charge in [0.2, 0.25) is 0 Å². The quantitative estimate of drug-likeness (QED) is 0.0236. The maximum atomic E-state index is 12.7. The number of aliphatic hydroxyl groups excluding tert-OH is 2. The molecule has 0 bridgehead atoms. The molecule has 0 aromatic heterocycles. The highest BCUT2D eigenvalue weighted by molar-refractivity contribution is 7.47. The summed E-state index contributed by atoms with van der Waals surface area (Å²) in [6.07, 6.45) is 56.4. The van der Waals surface area contributed by atoms with E-state index in [1.54, 1.807) is 0 Å². The van der Waals surface area contributed by atoms with Crippen LogP contribution in [0.4, 0.5) is 0 Å². The first kappa shape index (κ1) is 60.4. The molecule has 0 aliphatic heterocycles. The van der Waals surface area contributed by atoms with E-state index in [2.05, 4.69) is 62.5 Å². The molecule has 0 fully saturated rings. The second-order valence-electron chi connectivity index (χ2n) is 17.2. The third-order valence-corrected chi connectivity index (χ3v) is 11.9. The zero-order chi connectivity index (χ0) is 45.3. The van der Waals surface area contributed by atoms with Crippen LogP contribution in [0.1, 0.15) is 232 Å². The molecule has 0 saturated heterocycles. The van der Waals surface area contributed by atoms with Crippen LogP contribution in [-0.2, 0) is 27.9 Å². The number of allylic oxidation sites excluding steroid dienone is 8. The Hall–Kier alpha value is -1.58. The Morgan fingerprint density at radius 3 is 1.32 bits per heavy atom. The van der Waals surface area contributed by atoms with Gasteiger partial charge >= 0.3 is 13.8 Å². The van der Waals surface area contributed by atoms with Crippen molar-refractivity contribution in [3.8, 4) is 0 Å². The molecule has 10 heteroatoms. The molecular weight excluding hydrogens is 800 g/mol. The van der Waals surface area contributed by atoms with Crippen molar-refractivity contribution in [3.05, 3.63) is 48.6 Å². The van der Waals surface area contributed by atoms with Crippen LogP contribution >= 0.6 is 7.82 Å². The Morgan fingerprint density at radius 1 is 0.500 bits per heavy atom. The van der Waals surface area contributed by atoms with E-state index in [1.165, 1.54) is 154 Å². The fourth-order valence-electron chi connectivity index (χ4n) is 7.06. The molecule has 0 heterocycles.